The lowest BCUT2D eigenvalue weighted by Gasteiger charge is -2.02. The van der Waals surface area contributed by atoms with Gasteiger partial charge in [0.25, 0.3) is 0 Å². The Kier molecular flexibility index (Phi) is 2.05. The van der Waals surface area contributed by atoms with Gasteiger partial charge in [0.05, 0.1) is 0 Å². The van der Waals surface area contributed by atoms with Gasteiger partial charge in [-0.3, -0.25) is 4.98 Å². The zero-order chi connectivity index (χ0) is 12.0. The number of nitrogens with one attached hydrogen (secondary N) is 1. The van der Waals surface area contributed by atoms with E-state index in [4.69, 9.17) is 4.52 Å². The van der Waals surface area contributed by atoms with Crippen LogP contribution in [0.4, 0.5) is 0 Å². The molecule has 0 amide bonds. The average molecular weight is 242 g/mol. The van der Waals surface area contributed by atoms with E-state index >= 15 is 0 Å². The number of nitrogens with zero attached hydrogens (tertiary/aromatic N) is 3. The molecular weight excluding hydrogens is 228 g/mol. The summed E-state index contributed by atoms with van der Waals surface area (Å²) in [6, 6.07) is 3.83. The van der Waals surface area contributed by atoms with Gasteiger partial charge in [-0.05, 0) is 36.9 Å². The van der Waals surface area contributed by atoms with E-state index in [9.17, 15) is 0 Å². The number of hydrogen-bond acceptors (Lipinski definition) is 5. The molecule has 2 atom stereocenters. The first kappa shape index (κ1) is 10.2. The average Bonchev–Trinajstić information content (AvgIpc) is 2.82. The Balaban J connectivity index is 1.60. The summed E-state index contributed by atoms with van der Waals surface area (Å²) in [5.74, 6) is 1.88. The van der Waals surface area contributed by atoms with Gasteiger partial charge in [-0.1, -0.05) is 5.16 Å². The van der Waals surface area contributed by atoms with Gasteiger partial charge < -0.3 is 9.84 Å². The third-order valence-corrected chi connectivity index (χ3v) is 4.13. The Labute approximate surface area is 105 Å². The Morgan fingerprint density at radius 2 is 2.44 bits per heavy atom. The van der Waals surface area contributed by atoms with E-state index in [1.54, 1.807) is 12.4 Å². The summed E-state index contributed by atoms with van der Waals surface area (Å²) in [4.78, 5) is 8.59. The number of pyridine rings is 1. The van der Waals surface area contributed by atoms with Crippen molar-refractivity contribution in [1.82, 2.24) is 20.4 Å². The molecule has 0 bridgehead atoms. The van der Waals surface area contributed by atoms with Gasteiger partial charge in [0.15, 0.2) is 0 Å². The minimum atomic E-state index is 0.402. The molecular formula is C13H14N4O. The van der Waals surface area contributed by atoms with Crippen LogP contribution in [-0.2, 0) is 0 Å². The smallest absolute Gasteiger partial charge is 0.230 e. The first-order valence-corrected chi connectivity index (χ1v) is 6.32. The van der Waals surface area contributed by atoms with Crippen LogP contribution in [0.2, 0.25) is 0 Å². The monoisotopic (exact) mass is 242 g/mol. The second-order valence-corrected chi connectivity index (χ2v) is 5.24. The topological polar surface area (TPSA) is 63.8 Å². The third kappa shape index (κ3) is 1.47. The summed E-state index contributed by atoms with van der Waals surface area (Å²) >= 11 is 0. The SMILES string of the molecule is c1cncc(-c2noc(C3CC34CCNC4)n2)c1. The largest absolute Gasteiger partial charge is 0.339 e. The van der Waals surface area contributed by atoms with Gasteiger partial charge >= 0.3 is 0 Å². The van der Waals surface area contributed by atoms with Gasteiger partial charge in [0, 0.05) is 30.4 Å². The van der Waals surface area contributed by atoms with Crippen molar-refractivity contribution in [3.63, 3.8) is 0 Å². The molecule has 0 aromatic carbocycles. The Bertz CT molecular complexity index is 559. The lowest BCUT2D eigenvalue weighted by atomic mass is 10.0. The van der Waals surface area contributed by atoms with Crippen molar-refractivity contribution in [2.24, 2.45) is 5.41 Å². The fourth-order valence-electron chi connectivity index (χ4n) is 2.92. The molecule has 1 saturated heterocycles. The second kappa shape index (κ2) is 3.62. The fourth-order valence-corrected chi connectivity index (χ4v) is 2.92. The molecule has 2 aromatic rings. The quantitative estimate of drug-likeness (QED) is 0.866. The van der Waals surface area contributed by atoms with Gasteiger partial charge in [-0.15, -0.1) is 0 Å². The van der Waals surface area contributed by atoms with Gasteiger partial charge in [0.1, 0.15) is 0 Å². The summed E-state index contributed by atoms with van der Waals surface area (Å²) in [7, 11) is 0. The molecule has 4 rings (SSSR count). The molecule has 1 N–H and O–H groups in total. The first-order valence-electron chi connectivity index (χ1n) is 6.32. The summed E-state index contributed by atoms with van der Waals surface area (Å²) < 4.78 is 5.41. The first-order chi connectivity index (χ1) is 8.87. The van der Waals surface area contributed by atoms with E-state index in [-0.39, 0.29) is 0 Å². The maximum Gasteiger partial charge on any atom is 0.230 e. The normalized spacial score (nSPS) is 29.9. The zero-order valence-corrected chi connectivity index (χ0v) is 9.97. The highest BCUT2D eigenvalue weighted by atomic mass is 16.5. The molecule has 92 valence electrons. The van der Waals surface area contributed by atoms with Crippen LogP contribution >= 0.6 is 0 Å². The maximum absolute atomic E-state index is 5.41. The van der Waals surface area contributed by atoms with Crippen LogP contribution in [0, 0.1) is 5.41 Å². The van der Waals surface area contributed by atoms with Crippen LogP contribution in [-0.4, -0.2) is 28.2 Å². The number of aromatic nitrogens is 3. The van der Waals surface area contributed by atoms with Crippen molar-refractivity contribution in [1.29, 1.82) is 0 Å². The molecule has 1 aliphatic heterocycles. The second-order valence-electron chi connectivity index (χ2n) is 5.24. The van der Waals surface area contributed by atoms with Crippen LogP contribution < -0.4 is 5.32 Å². The summed E-state index contributed by atoms with van der Waals surface area (Å²) in [5, 5.41) is 7.47. The van der Waals surface area contributed by atoms with Crippen LogP contribution in [0.15, 0.2) is 29.0 Å². The molecule has 2 unspecified atom stereocenters. The highest BCUT2D eigenvalue weighted by Gasteiger charge is 2.58. The molecule has 2 fully saturated rings. The molecule has 5 heteroatoms. The molecule has 0 radical (unpaired) electrons. The standard InChI is InChI=1S/C13H14N4O/c1-2-9(7-14-4-1)11-16-12(18-17-11)10-6-13(10)3-5-15-8-13/h1-2,4,7,10,15H,3,5-6,8H2. The fraction of sp³-hybridized carbons (Fsp3) is 0.462. The highest BCUT2D eigenvalue weighted by Crippen LogP contribution is 2.62. The highest BCUT2D eigenvalue weighted by molar-refractivity contribution is 5.52. The Morgan fingerprint density at radius 1 is 1.44 bits per heavy atom. The van der Waals surface area contributed by atoms with Crippen LogP contribution in [0.1, 0.15) is 24.7 Å². The number of hydrogen-bond donors (Lipinski definition) is 1. The van der Waals surface area contributed by atoms with Crippen molar-refractivity contribution >= 4 is 0 Å². The van der Waals surface area contributed by atoms with E-state index < -0.39 is 0 Å². The summed E-state index contributed by atoms with van der Waals surface area (Å²) in [6.45, 7) is 2.20. The van der Waals surface area contributed by atoms with Crippen molar-refractivity contribution in [3.8, 4) is 11.4 Å². The maximum atomic E-state index is 5.41. The molecule has 5 nitrogen and oxygen atoms in total. The Hall–Kier alpha value is -1.75. The summed E-state index contributed by atoms with van der Waals surface area (Å²) in [5.41, 5.74) is 1.31. The van der Waals surface area contributed by atoms with Crippen molar-refractivity contribution in [2.75, 3.05) is 13.1 Å². The van der Waals surface area contributed by atoms with Crippen LogP contribution in [0.3, 0.4) is 0 Å². The molecule has 3 heterocycles. The van der Waals surface area contributed by atoms with Crippen LogP contribution in [0.25, 0.3) is 11.4 Å². The van der Waals surface area contributed by atoms with E-state index in [0.717, 1.165) is 24.5 Å². The molecule has 1 aliphatic carbocycles. The van der Waals surface area contributed by atoms with Gasteiger partial charge in [0.2, 0.25) is 11.7 Å². The van der Waals surface area contributed by atoms with E-state index in [1.807, 2.05) is 12.1 Å². The number of rotatable bonds is 2. The molecule has 2 aromatic heterocycles. The molecule has 2 aliphatic rings. The third-order valence-electron chi connectivity index (χ3n) is 4.13. The minimum Gasteiger partial charge on any atom is -0.339 e. The van der Waals surface area contributed by atoms with Crippen molar-refractivity contribution < 1.29 is 4.52 Å². The van der Waals surface area contributed by atoms with Crippen molar-refractivity contribution in [3.05, 3.63) is 30.4 Å². The zero-order valence-electron chi connectivity index (χ0n) is 9.97. The molecule has 1 spiro atoms. The minimum absolute atomic E-state index is 0.402. The van der Waals surface area contributed by atoms with Gasteiger partial charge in [-0.2, -0.15) is 4.98 Å². The van der Waals surface area contributed by atoms with E-state index in [1.165, 1.54) is 12.8 Å². The van der Waals surface area contributed by atoms with Gasteiger partial charge in [-0.25, -0.2) is 0 Å². The lowest BCUT2D eigenvalue weighted by Crippen LogP contribution is -2.10. The lowest BCUT2D eigenvalue weighted by molar-refractivity contribution is 0.364. The van der Waals surface area contributed by atoms with Crippen molar-refractivity contribution in [2.45, 2.75) is 18.8 Å². The van der Waals surface area contributed by atoms with Crippen LogP contribution in [0.5, 0.6) is 0 Å². The van der Waals surface area contributed by atoms with E-state index in [0.29, 0.717) is 17.2 Å². The predicted octanol–water partition coefficient (Wildman–Crippen LogP) is 1.60. The predicted molar refractivity (Wildman–Crippen MR) is 64.8 cm³/mol. The van der Waals surface area contributed by atoms with E-state index in [2.05, 4.69) is 20.4 Å². The Morgan fingerprint density at radius 3 is 3.22 bits per heavy atom. The molecule has 18 heavy (non-hydrogen) atoms. The summed E-state index contributed by atoms with van der Waals surface area (Å²) in [6.07, 6.45) is 5.90. The molecule has 1 saturated carbocycles.